The van der Waals surface area contributed by atoms with Gasteiger partial charge in [0.05, 0.1) is 35.1 Å². The van der Waals surface area contributed by atoms with Crippen molar-refractivity contribution in [2.24, 2.45) is 28.6 Å². The van der Waals surface area contributed by atoms with Gasteiger partial charge in [0.1, 0.15) is 0 Å². The topological polar surface area (TPSA) is 94.5 Å². The van der Waals surface area contributed by atoms with Gasteiger partial charge in [-0.05, 0) is 129 Å². The molecule has 10 atom stereocenters. The Balaban J connectivity index is 1.33. The first kappa shape index (κ1) is 29.3. The molecule has 5 fully saturated rings. The number of hydrogen-bond acceptors (Lipinski definition) is 7. The number of hydrogen-bond donors (Lipinski definition) is 2. The molecule has 4 aliphatic carbocycles. The van der Waals surface area contributed by atoms with Crippen molar-refractivity contribution in [1.29, 1.82) is 0 Å². The lowest BCUT2D eigenvalue weighted by atomic mass is 9.45. The van der Waals surface area contributed by atoms with Crippen molar-refractivity contribution >= 4 is 5.78 Å². The fourth-order valence-electron chi connectivity index (χ4n) is 10.5. The van der Waals surface area contributed by atoms with Crippen LogP contribution in [0.4, 0.5) is 0 Å². The zero-order valence-electron chi connectivity index (χ0n) is 26.1. The molecule has 0 amide bonds. The van der Waals surface area contributed by atoms with E-state index in [1.54, 1.807) is 0 Å². The molecule has 0 bridgehead atoms. The zero-order valence-corrected chi connectivity index (χ0v) is 26.1. The highest BCUT2D eigenvalue weighted by Crippen LogP contribution is 2.70. The van der Waals surface area contributed by atoms with Gasteiger partial charge in [-0.15, -0.1) is 0 Å². The second-order valence-corrected chi connectivity index (χ2v) is 16.3. The number of fused-ring (bicyclic) bond motifs is 6. The molecule has 7 heteroatoms. The van der Waals surface area contributed by atoms with Gasteiger partial charge in [-0.1, -0.05) is 13.8 Å². The van der Waals surface area contributed by atoms with E-state index in [2.05, 4.69) is 20.8 Å². The molecule has 40 heavy (non-hydrogen) atoms. The Labute approximate surface area is 240 Å². The van der Waals surface area contributed by atoms with Crippen LogP contribution in [0, 0.1) is 28.6 Å². The van der Waals surface area contributed by atoms with Crippen LogP contribution in [0.25, 0.3) is 0 Å². The third-order valence-corrected chi connectivity index (χ3v) is 12.2. The molecule has 6 rings (SSSR count). The quantitative estimate of drug-likeness (QED) is 0.472. The normalized spacial score (nSPS) is 51.1. The summed E-state index contributed by atoms with van der Waals surface area (Å²) < 4.78 is 25.8. The van der Waals surface area contributed by atoms with Gasteiger partial charge < -0.3 is 29.2 Å². The second kappa shape index (κ2) is 8.63. The number of rotatable bonds is 4. The molecule has 0 aromatic carbocycles. The van der Waals surface area contributed by atoms with Crippen LogP contribution in [0.15, 0.2) is 11.6 Å². The van der Waals surface area contributed by atoms with Crippen molar-refractivity contribution in [2.45, 2.75) is 160 Å². The minimum atomic E-state index is -1.08. The van der Waals surface area contributed by atoms with Crippen LogP contribution in [-0.2, 0) is 23.7 Å². The van der Waals surface area contributed by atoms with Crippen LogP contribution in [0.2, 0.25) is 0 Å². The lowest BCUT2D eigenvalue weighted by Crippen LogP contribution is -2.62. The summed E-state index contributed by atoms with van der Waals surface area (Å²) in [6.07, 6.45) is 7.51. The highest BCUT2D eigenvalue weighted by atomic mass is 16.8. The molecule has 0 radical (unpaired) electrons. The number of aliphatic hydroxyl groups is 2. The van der Waals surface area contributed by atoms with Crippen LogP contribution in [0.5, 0.6) is 0 Å². The maximum atomic E-state index is 13.8. The first-order valence-electron chi connectivity index (χ1n) is 15.7. The predicted molar refractivity (Wildman–Crippen MR) is 150 cm³/mol. The van der Waals surface area contributed by atoms with Crippen molar-refractivity contribution in [3.8, 4) is 0 Å². The Morgan fingerprint density at radius 1 is 0.925 bits per heavy atom. The molecule has 7 nitrogen and oxygen atoms in total. The Kier molecular flexibility index (Phi) is 6.31. The van der Waals surface area contributed by atoms with Crippen LogP contribution in [0.3, 0.4) is 0 Å². The average Bonchev–Trinajstić information content (AvgIpc) is 3.34. The summed E-state index contributed by atoms with van der Waals surface area (Å²) in [6, 6.07) is 0. The van der Waals surface area contributed by atoms with E-state index in [0.29, 0.717) is 25.7 Å². The number of ketones is 1. The van der Waals surface area contributed by atoms with E-state index in [1.165, 1.54) is 0 Å². The van der Waals surface area contributed by atoms with Crippen molar-refractivity contribution in [3.63, 3.8) is 0 Å². The molecule has 0 aromatic heterocycles. The highest BCUT2D eigenvalue weighted by Gasteiger charge is 2.71. The molecule has 0 aromatic rings. The Morgan fingerprint density at radius 2 is 1.60 bits per heavy atom. The van der Waals surface area contributed by atoms with Crippen LogP contribution < -0.4 is 0 Å². The van der Waals surface area contributed by atoms with Gasteiger partial charge in [-0.2, -0.15) is 0 Å². The Bertz CT molecular complexity index is 1100. The molecular weight excluding hydrogens is 508 g/mol. The minimum absolute atomic E-state index is 0.0237. The zero-order chi connectivity index (χ0) is 29.3. The van der Waals surface area contributed by atoms with Crippen molar-refractivity contribution in [2.75, 3.05) is 0 Å². The maximum Gasteiger partial charge on any atom is 0.164 e. The van der Waals surface area contributed by atoms with Crippen LogP contribution >= 0.6 is 0 Å². The first-order valence-corrected chi connectivity index (χ1v) is 15.7. The van der Waals surface area contributed by atoms with Crippen molar-refractivity contribution < 1.29 is 34.0 Å². The van der Waals surface area contributed by atoms with Gasteiger partial charge >= 0.3 is 0 Å². The molecule has 226 valence electrons. The molecular formula is C33H52O7. The van der Waals surface area contributed by atoms with E-state index in [4.69, 9.17) is 18.9 Å². The summed E-state index contributed by atoms with van der Waals surface area (Å²) in [5.74, 6) is -1.17. The summed E-state index contributed by atoms with van der Waals surface area (Å²) in [4.78, 5) is 13.8. The standard InChI is InChI=1S/C33H52O7/c1-27(2,35)13-12-26-32(9,40-29(5,6)39-26)25-11-15-33(36)20-16-22(34)21-17-23-24(38-28(3,4)37-23)18-30(21,7)19(20)10-14-31(25,33)8/h16,19,21,23-26,35-36H,10-15,17-18H2,1-9H3/t19-,21-,23+,24-,25-,26+,30-,31+,32+,33+/m0/s1. The lowest BCUT2D eigenvalue weighted by Gasteiger charge is -2.60. The summed E-state index contributed by atoms with van der Waals surface area (Å²) in [7, 11) is 0. The van der Waals surface area contributed by atoms with Crippen LogP contribution in [-0.4, -0.2) is 62.7 Å². The molecule has 2 heterocycles. The second-order valence-electron chi connectivity index (χ2n) is 16.3. The molecule has 0 unspecified atom stereocenters. The maximum absolute atomic E-state index is 13.8. The molecule has 6 aliphatic rings. The SMILES string of the molecule is CC(C)(O)CC[C@H]1OC(C)(C)O[C@]1(C)[C@H]1CC[C@@]2(O)C3=CC(=O)[C@@H]4C[C@H]5OC(C)(C)O[C@H]5C[C@@]4(C)[C@H]3CC[C@]12C. The molecule has 2 N–H and O–H groups in total. The lowest BCUT2D eigenvalue weighted by molar-refractivity contribution is -0.190. The van der Waals surface area contributed by atoms with E-state index in [0.717, 1.165) is 31.3 Å². The van der Waals surface area contributed by atoms with E-state index in [9.17, 15) is 15.0 Å². The molecule has 0 spiro atoms. The fourth-order valence-corrected chi connectivity index (χ4v) is 10.5. The number of allylic oxidation sites excluding steroid dienone is 1. The third kappa shape index (κ3) is 4.16. The smallest absolute Gasteiger partial charge is 0.164 e. The van der Waals surface area contributed by atoms with Gasteiger partial charge in [0.15, 0.2) is 17.4 Å². The van der Waals surface area contributed by atoms with E-state index in [1.807, 2.05) is 47.6 Å². The summed E-state index contributed by atoms with van der Waals surface area (Å²) in [5, 5.41) is 23.3. The van der Waals surface area contributed by atoms with E-state index in [-0.39, 0.29) is 47.3 Å². The number of carbonyl (C=O) groups is 1. The van der Waals surface area contributed by atoms with Gasteiger partial charge in [0.2, 0.25) is 0 Å². The number of ether oxygens (including phenoxy) is 4. The molecule has 3 saturated carbocycles. The largest absolute Gasteiger partial charge is 0.390 e. The third-order valence-electron chi connectivity index (χ3n) is 12.2. The highest BCUT2D eigenvalue weighted by molar-refractivity contribution is 5.95. The van der Waals surface area contributed by atoms with Gasteiger partial charge in [-0.25, -0.2) is 0 Å². The minimum Gasteiger partial charge on any atom is -0.390 e. The summed E-state index contributed by atoms with van der Waals surface area (Å²) >= 11 is 0. The molecule has 2 aliphatic heterocycles. The fraction of sp³-hybridized carbons (Fsp3) is 0.909. The van der Waals surface area contributed by atoms with Crippen molar-refractivity contribution in [3.05, 3.63) is 11.6 Å². The summed E-state index contributed by atoms with van der Waals surface area (Å²) in [6.45, 7) is 18.2. The molecule has 2 saturated heterocycles. The van der Waals surface area contributed by atoms with Gasteiger partial charge in [-0.3, -0.25) is 4.79 Å². The van der Waals surface area contributed by atoms with E-state index >= 15 is 0 Å². The Hall–Kier alpha value is -0.830. The van der Waals surface area contributed by atoms with E-state index < -0.39 is 33.8 Å². The summed E-state index contributed by atoms with van der Waals surface area (Å²) in [5.41, 5.74) is -2.28. The predicted octanol–water partition coefficient (Wildman–Crippen LogP) is 5.45. The van der Waals surface area contributed by atoms with Gasteiger partial charge in [0.25, 0.3) is 0 Å². The van der Waals surface area contributed by atoms with Gasteiger partial charge in [0, 0.05) is 11.3 Å². The monoisotopic (exact) mass is 560 g/mol. The van der Waals surface area contributed by atoms with Crippen LogP contribution in [0.1, 0.15) is 114 Å². The average molecular weight is 561 g/mol. The first-order chi connectivity index (χ1) is 18.2. The Morgan fingerprint density at radius 3 is 2.27 bits per heavy atom. The van der Waals surface area contributed by atoms with Crippen molar-refractivity contribution in [1.82, 2.24) is 0 Å². The number of carbonyl (C=O) groups excluding carboxylic acids is 1.